The molecule has 0 aliphatic rings. The smallest absolute Gasteiger partial charge is 0.0738 e. The van der Waals surface area contributed by atoms with Gasteiger partial charge in [-0.2, -0.15) is 5.10 Å². The Hall–Kier alpha value is -1.13. The molecule has 4 heteroatoms. The second-order valence-electron chi connectivity index (χ2n) is 4.83. The van der Waals surface area contributed by atoms with Crippen LogP contribution in [0.4, 0.5) is 0 Å². The Morgan fingerprint density at radius 1 is 1.37 bits per heavy atom. The maximum Gasteiger partial charge on any atom is 0.0738 e. The average molecular weight is 322 g/mol. The van der Waals surface area contributed by atoms with Gasteiger partial charge in [0.05, 0.1) is 15.9 Å². The molecule has 1 aromatic heterocycles. The molecule has 2 N–H and O–H groups in total. The SMILES string of the molecule is CCc1ccccc1C(N)Cc1c(Br)c(C)nn1C. The van der Waals surface area contributed by atoms with Crippen LogP contribution in [-0.4, -0.2) is 9.78 Å². The third-order valence-electron chi connectivity index (χ3n) is 3.51. The van der Waals surface area contributed by atoms with Crippen LogP contribution in [0.5, 0.6) is 0 Å². The molecule has 0 amide bonds. The molecule has 0 bridgehead atoms. The summed E-state index contributed by atoms with van der Waals surface area (Å²) in [5.74, 6) is 0. The van der Waals surface area contributed by atoms with Crippen LogP contribution in [0.25, 0.3) is 0 Å². The van der Waals surface area contributed by atoms with E-state index in [1.807, 2.05) is 18.7 Å². The van der Waals surface area contributed by atoms with E-state index < -0.39 is 0 Å². The first-order chi connectivity index (χ1) is 9.04. The summed E-state index contributed by atoms with van der Waals surface area (Å²) in [5, 5.41) is 4.41. The highest BCUT2D eigenvalue weighted by Gasteiger charge is 2.16. The zero-order valence-corrected chi connectivity index (χ0v) is 13.2. The zero-order chi connectivity index (χ0) is 14.0. The first-order valence-electron chi connectivity index (χ1n) is 6.56. The molecule has 2 aromatic rings. The Morgan fingerprint density at radius 2 is 2.05 bits per heavy atom. The molecule has 0 saturated carbocycles. The van der Waals surface area contributed by atoms with Crippen molar-refractivity contribution in [1.29, 1.82) is 0 Å². The van der Waals surface area contributed by atoms with Gasteiger partial charge < -0.3 is 5.73 Å². The number of aromatic nitrogens is 2. The molecule has 1 aromatic carbocycles. The summed E-state index contributed by atoms with van der Waals surface area (Å²) < 4.78 is 2.98. The molecule has 0 saturated heterocycles. The maximum atomic E-state index is 6.39. The van der Waals surface area contributed by atoms with E-state index in [-0.39, 0.29) is 6.04 Å². The van der Waals surface area contributed by atoms with Gasteiger partial charge in [-0.1, -0.05) is 31.2 Å². The minimum atomic E-state index is 0.00208. The number of aryl methyl sites for hydroxylation is 3. The number of hydrogen-bond donors (Lipinski definition) is 1. The third kappa shape index (κ3) is 2.90. The minimum absolute atomic E-state index is 0.00208. The average Bonchev–Trinajstić information content (AvgIpc) is 2.65. The Morgan fingerprint density at radius 3 is 2.63 bits per heavy atom. The number of rotatable bonds is 4. The lowest BCUT2D eigenvalue weighted by Gasteiger charge is -2.16. The molecular weight excluding hydrogens is 302 g/mol. The monoisotopic (exact) mass is 321 g/mol. The van der Waals surface area contributed by atoms with Crippen molar-refractivity contribution in [2.45, 2.75) is 32.7 Å². The Labute approximate surface area is 122 Å². The van der Waals surface area contributed by atoms with Gasteiger partial charge >= 0.3 is 0 Å². The molecule has 1 heterocycles. The van der Waals surface area contributed by atoms with E-state index in [0.29, 0.717) is 0 Å². The van der Waals surface area contributed by atoms with E-state index in [4.69, 9.17) is 5.73 Å². The predicted molar refractivity (Wildman–Crippen MR) is 82.1 cm³/mol. The Kier molecular flexibility index (Phi) is 4.42. The number of nitrogens with two attached hydrogens (primary N) is 1. The summed E-state index contributed by atoms with van der Waals surface area (Å²) in [5.41, 5.74) is 11.1. The van der Waals surface area contributed by atoms with Crippen molar-refractivity contribution in [2.24, 2.45) is 12.8 Å². The van der Waals surface area contributed by atoms with Gasteiger partial charge in [-0.05, 0) is 40.4 Å². The molecular formula is C15H20BrN3. The highest BCUT2D eigenvalue weighted by atomic mass is 79.9. The third-order valence-corrected chi connectivity index (χ3v) is 4.54. The van der Waals surface area contributed by atoms with Gasteiger partial charge in [-0.15, -0.1) is 0 Å². The second-order valence-corrected chi connectivity index (χ2v) is 5.63. The van der Waals surface area contributed by atoms with Crippen LogP contribution in [0.3, 0.4) is 0 Å². The normalized spacial score (nSPS) is 12.7. The van der Waals surface area contributed by atoms with Crippen LogP contribution in [0, 0.1) is 6.92 Å². The van der Waals surface area contributed by atoms with Gasteiger partial charge in [0.1, 0.15) is 0 Å². The molecule has 102 valence electrons. The van der Waals surface area contributed by atoms with Gasteiger partial charge in [0.15, 0.2) is 0 Å². The van der Waals surface area contributed by atoms with E-state index in [1.54, 1.807) is 0 Å². The molecule has 0 radical (unpaired) electrons. The van der Waals surface area contributed by atoms with Gasteiger partial charge in [-0.25, -0.2) is 0 Å². The van der Waals surface area contributed by atoms with Crippen molar-refractivity contribution in [1.82, 2.24) is 9.78 Å². The van der Waals surface area contributed by atoms with Gasteiger partial charge in [0.2, 0.25) is 0 Å². The topological polar surface area (TPSA) is 43.8 Å². The van der Waals surface area contributed by atoms with E-state index in [1.165, 1.54) is 11.1 Å². The lowest BCUT2D eigenvalue weighted by Crippen LogP contribution is -2.17. The van der Waals surface area contributed by atoms with Crippen molar-refractivity contribution in [3.05, 3.63) is 51.3 Å². The fraction of sp³-hybridized carbons (Fsp3) is 0.400. The van der Waals surface area contributed by atoms with Crippen molar-refractivity contribution < 1.29 is 0 Å². The molecule has 19 heavy (non-hydrogen) atoms. The number of halogens is 1. The second kappa shape index (κ2) is 5.88. The molecule has 2 rings (SSSR count). The molecule has 0 aliphatic heterocycles. The van der Waals surface area contributed by atoms with Crippen molar-refractivity contribution in [2.75, 3.05) is 0 Å². The highest BCUT2D eigenvalue weighted by molar-refractivity contribution is 9.10. The van der Waals surface area contributed by atoms with Gasteiger partial charge in [0.25, 0.3) is 0 Å². The van der Waals surface area contributed by atoms with E-state index in [9.17, 15) is 0 Å². The van der Waals surface area contributed by atoms with Crippen molar-refractivity contribution >= 4 is 15.9 Å². The van der Waals surface area contributed by atoms with E-state index >= 15 is 0 Å². The lowest BCUT2D eigenvalue weighted by molar-refractivity contribution is 0.634. The summed E-state index contributed by atoms with van der Waals surface area (Å²) >= 11 is 3.60. The number of benzene rings is 1. The lowest BCUT2D eigenvalue weighted by atomic mass is 9.96. The fourth-order valence-corrected chi connectivity index (χ4v) is 2.94. The van der Waals surface area contributed by atoms with Crippen LogP contribution >= 0.6 is 15.9 Å². The summed E-state index contributed by atoms with van der Waals surface area (Å²) in [7, 11) is 1.96. The van der Waals surface area contributed by atoms with Gasteiger partial charge in [0, 0.05) is 19.5 Å². The summed E-state index contributed by atoms with van der Waals surface area (Å²) in [6, 6.07) is 8.40. The Bertz CT molecular complexity index is 575. The predicted octanol–water partition coefficient (Wildman–Crippen LogP) is 3.30. The number of nitrogens with zero attached hydrogens (tertiary/aromatic N) is 2. The summed E-state index contributed by atoms with van der Waals surface area (Å²) in [6.45, 7) is 4.16. The van der Waals surface area contributed by atoms with Crippen LogP contribution in [0.1, 0.15) is 35.5 Å². The molecule has 0 fully saturated rings. The molecule has 0 spiro atoms. The summed E-state index contributed by atoms with van der Waals surface area (Å²) in [4.78, 5) is 0. The largest absolute Gasteiger partial charge is 0.324 e. The Balaban J connectivity index is 2.28. The van der Waals surface area contributed by atoms with Crippen LogP contribution in [0.2, 0.25) is 0 Å². The van der Waals surface area contributed by atoms with Crippen LogP contribution in [-0.2, 0) is 19.9 Å². The molecule has 1 unspecified atom stereocenters. The molecule has 3 nitrogen and oxygen atoms in total. The molecule has 0 aliphatic carbocycles. The summed E-state index contributed by atoms with van der Waals surface area (Å²) in [6.07, 6.45) is 1.80. The van der Waals surface area contributed by atoms with Crippen molar-refractivity contribution in [3.63, 3.8) is 0 Å². The first kappa shape index (κ1) is 14.3. The quantitative estimate of drug-likeness (QED) is 0.939. The van der Waals surface area contributed by atoms with Crippen molar-refractivity contribution in [3.8, 4) is 0 Å². The van der Waals surface area contributed by atoms with Gasteiger partial charge in [-0.3, -0.25) is 4.68 Å². The van der Waals surface area contributed by atoms with E-state index in [0.717, 1.165) is 28.7 Å². The van der Waals surface area contributed by atoms with Crippen LogP contribution < -0.4 is 5.73 Å². The fourth-order valence-electron chi connectivity index (χ4n) is 2.44. The first-order valence-corrected chi connectivity index (χ1v) is 7.35. The molecule has 1 atom stereocenters. The maximum absolute atomic E-state index is 6.39. The minimum Gasteiger partial charge on any atom is -0.324 e. The number of hydrogen-bond acceptors (Lipinski definition) is 2. The zero-order valence-electron chi connectivity index (χ0n) is 11.7. The van der Waals surface area contributed by atoms with E-state index in [2.05, 4.69) is 52.2 Å². The van der Waals surface area contributed by atoms with Crippen LogP contribution in [0.15, 0.2) is 28.7 Å². The highest BCUT2D eigenvalue weighted by Crippen LogP contribution is 2.26. The standard InChI is InChI=1S/C15H20BrN3/c1-4-11-7-5-6-8-12(11)13(17)9-14-15(16)10(2)18-19(14)3/h5-8,13H,4,9,17H2,1-3H3.